The number of ether oxygens (including phenoxy) is 3. The van der Waals surface area contributed by atoms with Crippen molar-refractivity contribution in [2.24, 2.45) is 4.99 Å². The third-order valence-corrected chi connectivity index (χ3v) is 3.88. The van der Waals surface area contributed by atoms with Gasteiger partial charge in [0.25, 0.3) is 0 Å². The highest BCUT2D eigenvalue weighted by Crippen LogP contribution is 2.30. The predicted molar refractivity (Wildman–Crippen MR) is 101 cm³/mol. The molecule has 0 saturated heterocycles. The Morgan fingerprint density at radius 2 is 2.04 bits per heavy atom. The number of carbonyl (C=O) groups excluding carboxylic acids is 1. The standard InChI is InChI=1S/C20H18ClNO4/c1-3-9-25-17-8-7-13(11-18(17)24-2)10-16-20(23)26-19(22-16)14-5-4-6-15(21)12-14/h4-8,10-12H,3,9H2,1-2H3/b16-10-. The number of carbonyl (C=O) groups is 1. The monoisotopic (exact) mass is 371 g/mol. The number of esters is 1. The van der Waals surface area contributed by atoms with E-state index in [1.54, 1.807) is 43.5 Å². The van der Waals surface area contributed by atoms with Crippen molar-refractivity contribution in [1.82, 2.24) is 0 Å². The molecule has 0 saturated carbocycles. The lowest BCUT2D eigenvalue weighted by molar-refractivity contribution is -0.129. The maximum atomic E-state index is 12.1. The predicted octanol–water partition coefficient (Wildman–Crippen LogP) is 4.48. The minimum atomic E-state index is -0.509. The van der Waals surface area contributed by atoms with Crippen LogP contribution >= 0.6 is 11.6 Å². The molecule has 0 atom stereocenters. The number of benzene rings is 2. The van der Waals surface area contributed by atoms with Crippen LogP contribution in [0.15, 0.2) is 53.2 Å². The van der Waals surface area contributed by atoms with Crippen LogP contribution in [0.5, 0.6) is 11.5 Å². The van der Waals surface area contributed by atoms with Crippen molar-refractivity contribution >= 4 is 29.5 Å². The van der Waals surface area contributed by atoms with Gasteiger partial charge in [-0.15, -0.1) is 0 Å². The molecule has 0 aromatic heterocycles. The number of methoxy groups -OCH3 is 1. The largest absolute Gasteiger partial charge is 0.493 e. The quantitative estimate of drug-likeness (QED) is 0.555. The topological polar surface area (TPSA) is 57.1 Å². The molecule has 134 valence electrons. The fourth-order valence-electron chi connectivity index (χ4n) is 2.42. The Morgan fingerprint density at radius 3 is 2.77 bits per heavy atom. The van der Waals surface area contributed by atoms with Crippen molar-refractivity contribution in [3.8, 4) is 11.5 Å². The summed E-state index contributed by atoms with van der Waals surface area (Å²) >= 11 is 5.97. The molecule has 2 aromatic rings. The van der Waals surface area contributed by atoms with Crippen molar-refractivity contribution in [1.29, 1.82) is 0 Å². The van der Waals surface area contributed by atoms with Crippen molar-refractivity contribution in [3.05, 3.63) is 64.3 Å². The molecule has 1 aliphatic rings. The molecule has 6 heteroatoms. The van der Waals surface area contributed by atoms with Gasteiger partial charge < -0.3 is 14.2 Å². The second-order valence-corrected chi connectivity index (χ2v) is 6.04. The molecule has 0 spiro atoms. The summed E-state index contributed by atoms with van der Waals surface area (Å²) in [6.45, 7) is 2.64. The van der Waals surface area contributed by atoms with Crippen molar-refractivity contribution in [2.45, 2.75) is 13.3 Å². The third kappa shape index (κ3) is 4.06. The summed E-state index contributed by atoms with van der Waals surface area (Å²) < 4.78 is 16.2. The summed E-state index contributed by atoms with van der Waals surface area (Å²) in [5.41, 5.74) is 1.62. The first kappa shape index (κ1) is 18.0. The Kier molecular flexibility index (Phi) is 5.58. The molecule has 0 aliphatic carbocycles. The molecule has 0 fully saturated rings. The van der Waals surface area contributed by atoms with Gasteiger partial charge in [0.1, 0.15) is 0 Å². The highest BCUT2D eigenvalue weighted by atomic mass is 35.5. The summed E-state index contributed by atoms with van der Waals surface area (Å²) in [6.07, 6.45) is 2.55. The zero-order chi connectivity index (χ0) is 18.5. The number of halogens is 1. The fraction of sp³-hybridized carbons (Fsp3) is 0.200. The maximum Gasteiger partial charge on any atom is 0.363 e. The smallest absolute Gasteiger partial charge is 0.363 e. The minimum absolute atomic E-state index is 0.212. The molecule has 26 heavy (non-hydrogen) atoms. The van der Waals surface area contributed by atoms with E-state index >= 15 is 0 Å². The highest BCUT2D eigenvalue weighted by molar-refractivity contribution is 6.31. The van der Waals surface area contributed by atoms with Gasteiger partial charge in [-0.1, -0.05) is 30.7 Å². The van der Waals surface area contributed by atoms with Crippen LogP contribution in [0, 0.1) is 0 Å². The Bertz CT molecular complexity index is 889. The van der Waals surface area contributed by atoms with Gasteiger partial charge >= 0.3 is 5.97 Å². The summed E-state index contributed by atoms with van der Waals surface area (Å²) in [5.74, 6) is 0.982. The molecular formula is C20H18ClNO4. The van der Waals surface area contributed by atoms with Gasteiger partial charge in [0.15, 0.2) is 17.2 Å². The van der Waals surface area contributed by atoms with Crippen molar-refractivity contribution < 1.29 is 19.0 Å². The van der Waals surface area contributed by atoms with Gasteiger partial charge in [-0.05, 0) is 48.4 Å². The molecule has 1 heterocycles. The van der Waals surface area contributed by atoms with Crippen molar-refractivity contribution in [3.63, 3.8) is 0 Å². The number of nitrogens with zero attached hydrogens (tertiary/aromatic N) is 1. The van der Waals surface area contributed by atoms with E-state index in [0.29, 0.717) is 28.7 Å². The first-order chi connectivity index (χ1) is 12.6. The van der Waals surface area contributed by atoms with Gasteiger partial charge in [-0.3, -0.25) is 0 Å². The van der Waals surface area contributed by atoms with Crippen LogP contribution in [0.1, 0.15) is 24.5 Å². The zero-order valence-electron chi connectivity index (χ0n) is 14.5. The van der Waals surface area contributed by atoms with Crippen LogP contribution in [-0.2, 0) is 9.53 Å². The molecule has 0 radical (unpaired) electrons. The normalized spacial score (nSPS) is 15.0. The highest BCUT2D eigenvalue weighted by Gasteiger charge is 2.24. The van der Waals surface area contributed by atoms with Crippen molar-refractivity contribution in [2.75, 3.05) is 13.7 Å². The number of cyclic esters (lactones) is 1. The molecular weight excluding hydrogens is 354 g/mol. The lowest BCUT2D eigenvalue weighted by Crippen LogP contribution is -2.05. The van der Waals surface area contributed by atoms with Crippen LogP contribution in [0.2, 0.25) is 5.02 Å². The molecule has 5 nitrogen and oxygen atoms in total. The Morgan fingerprint density at radius 1 is 1.19 bits per heavy atom. The molecule has 1 aliphatic heterocycles. The Labute approximate surface area is 156 Å². The van der Waals surface area contributed by atoms with E-state index in [1.807, 2.05) is 19.1 Å². The summed E-state index contributed by atoms with van der Waals surface area (Å²) in [4.78, 5) is 16.4. The average Bonchev–Trinajstić information content (AvgIpc) is 3.01. The van der Waals surface area contributed by atoms with Gasteiger partial charge in [0.2, 0.25) is 5.90 Å². The van der Waals surface area contributed by atoms with Gasteiger partial charge in [0.05, 0.1) is 13.7 Å². The molecule has 2 aromatic carbocycles. The van der Waals surface area contributed by atoms with E-state index in [0.717, 1.165) is 12.0 Å². The van der Waals surface area contributed by atoms with Gasteiger partial charge in [-0.2, -0.15) is 0 Å². The lowest BCUT2D eigenvalue weighted by atomic mass is 10.1. The number of hydrogen-bond acceptors (Lipinski definition) is 5. The maximum absolute atomic E-state index is 12.1. The van der Waals surface area contributed by atoms with Crippen LogP contribution in [0.25, 0.3) is 6.08 Å². The zero-order valence-corrected chi connectivity index (χ0v) is 15.2. The molecule has 0 bridgehead atoms. The van der Waals surface area contributed by atoms with E-state index in [1.165, 1.54) is 0 Å². The Balaban J connectivity index is 1.88. The number of hydrogen-bond donors (Lipinski definition) is 0. The molecule has 0 unspecified atom stereocenters. The van der Waals surface area contributed by atoms with E-state index in [4.69, 9.17) is 25.8 Å². The summed E-state index contributed by atoms with van der Waals surface area (Å²) in [6, 6.07) is 12.4. The van der Waals surface area contributed by atoms with Crippen LogP contribution in [0.4, 0.5) is 0 Å². The molecule has 3 rings (SSSR count). The lowest BCUT2D eigenvalue weighted by Gasteiger charge is -2.10. The Hall–Kier alpha value is -2.79. The average molecular weight is 372 g/mol. The molecule has 0 N–H and O–H groups in total. The summed E-state index contributed by atoms with van der Waals surface area (Å²) in [7, 11) is 1.57. The fourth-order valence-corrected chi connectivity index (χ4v) is 2.61. The minimum Gasteiger partial charge on any atom is -0.493 e. The van der Waals surface area contributed by atoms with Crippen LogP contribution < -0.4 is 9.47 Å². The first-order valence-corrected chi connectivity index (χ1v) is 8.58. The molecule has 0 amide bonds. The first-order valence-electron chi connectivity index (χ1n) is 8.20. The van der Waals surface area contributed by atoms with E-state index in [2.05, 4.69) is 4.99 Å². The third-order valence-electron chi connectivity index (χ3n) is 3.64. The van der Waals surface area contributed by atoms with E-state index < -0.39 is 5.97 Å². The second-order valence-electron chi connectivity index (χ2n) is 5.61. The number of rotatable bonds is 6. The van der Waals surface area contributed by atoms with E-state index in [-0.39, 0.29) is 11.6 Å². The van der Waals surface area contributed by atoms with Gasteiger partial charge in [0, 0.05) is 10.6 Å². The number of aliphatic imine (C=N–C) groups is 1. The summed E-state index contributed by atoms with van der Waals surface area (Å²) in [5, 5.41) is 0.547. The second kappa shape index (κ2) is 8.06. The van der Waals surface area contributed by atoms with Gasteiger partial charge in [-0.25, -0.2) is 9.79 Å². The van der Waals surface area contributed by atoms with E-state index in [9.17, 15) is 4.79 Å². The van der Waals surface area contributed by atoms with Crippen LogP contribution in [0.3, 0.4) is 0 Å². The SMILES string of the molecule is CCCOc1ccc(/C=C2\N=C(c3cccc(Cl)c3)OC2=O)cc1OC. The van der Waals surface area contributed by atoms with Crippen LogP contribution in [-0.4, -0.2) is 25.6 Å².